The van der Waals surface area contributed by atoms with E-state index in [1.807, 2.05) is 31.7 Å². The van der Waals surface area contributed by atoms with E-state index in [9.17, 15) is 9.59 Å². The summed E-state index contributed by atoms with van der Waals surface area (Å²) in [5.41, 5.74) is 1.09. The molecule has 1 aromatic carbocycles. The Hall–Kier alpha value is -2.57. The fraction of sp³-hybridized carbons (Fsp3) is 0.591. The second-order valence-electron chi connectivity index (χ2n) is 8.59. The van der Waals surface area contributed by atoms with Crippen LogP contribution in [-0.2, 0) is 16.0 Å². The van der Waals surface area contributed by atoms with E-state index in [-0.39, 0.29) is 30.4 Å². The lowest BCUT2D eigenvalue weighted by Crippen LogP contribution is -2.50. The van der Waals surface area contributed by atoms with Gasteiger partial charge >= 0.3 is 0 Å². The van der Waals surface area contributed by atoms with E-state index < -0.39 is 0 Å². The zero-order valence-electron chi connectivity index (χ0n) is 18.1. The van der Waals surface area contributed by atoms with E-state index in [1.165, 1.54) is 5.56 Å². The Morgan fingerprint density at radius 1 is 1.07 bits per heavy atom. The van der Waals surface area contributed by atoms with Crippen LogP contribution in [0.1, 0.15) is 39.2 Å². The highest BCUT2D eigenvalue weighted by Gasteiger charge is 2.23. The maximum Gasteiger partial charge on any atom is 0.241 e. The van der Waals surface area contributed by atoms with Crippen LogP contribution in [0.15, 0.2) is 35.3 Å². The second kappa shape index (κ2) is 10.8. The van der Waals surface area contributed by atoms with E-state index >= 15 is 0 Å². The van der Waals surface area contributed by atoms with Crippen LogP contribution in [0.3, 0.4) is 0 Å². The summed E-state index contributed by atoms with van der Waals surface area (Å²) in [5.74, 6) is 1.02. The van der Waals surface area contributed by atoms with Crippen LogP contribution in [0, 0.1) is 5.92 Å². The van der Waals surface area contributed by atoms with Gasteiger partial charge in [-0.05, 0) is 51.5 Å². The standard InChI is InChI=1S/C22H35N5O2/c1-22(2,3)26-19(28)15-24-21(23-4)25-16-20(29)27-12-10-18(11-13-27)14-17-8-6-5-7-9-17/h5-9,18H,10-16H2,1-4H3,(H,26,28)(H2,23,24,25). The monoisotopic (exact) mass is 401 g/mol. The molecule has 29 heavy (non-hydrogen) atoms. The van der Waals surface area contributed by atoms with Gasteiger partial charge in [-0.1, -0.05) is 30.3 Å². The van der Waals surface area contributed by atoms with Gasteiger partial charge in [-0.3, -0.25) is 14.6 Å². The maximum absolute atomic E-state index is 12.5. The summed E-state index contributed by atoms with van der Waals surface area (Å²) in [5, 5.41) is 8.82. The van der Waals surface area contributed by atoms with Crippen LogP contribution in [0.4, 0.5) is 0 Å². The lowest BCUT2D eigenvalue weighted by Gasteiger charge is -2.32. The molecule has 0 spiro atoms. The molecule has 3 N–H and O–H groups in total. The summed E-state index contributed by atoms with van der Waals surface area (Å²) in [6, 6.07) is 10.5. The van der Waals surface area contributed by atoms with Crippen molar-refractivity contribution in [2.45, 2.75) is 45.6 Å². The van der Waals surface area contributed by atoms with E-state index in [0.717, 1.165) is 32.4 Å². The van der Waals surface area contributed by atoms with Gasteiger partial charge in [-0.15, -0.1) is 0 Å². The number of nitrogens with one attached hydrogen (secondary N) is 3. The third-order valence-electron chi connectivity index (χ3n) is 4.90. The van der Waals surface area contributed by atoms with Crippen molar-refractivity contribution in [1.82, 2.24) is 20.9 Å². The molecule has 1 aliphatic rings. The number of benzene rings is 1. The Morgan fingerprint density at radius 3 is 2.28 bits per heavy atom. The Balaban J connectivity index is 1.68. The maximum atomic E-state index is 12.5. The third kappa shape index (κ3) is 8.54. The van der Waals surface area contributed by atoms with Crippen molar-refractivity contribution in [3.63, 3.8) is 0 Å². The summed E-state index contributed by atoms with van der Waals surface area (Å²) in [6.45, 7) is 7.65. The first-order chi connectivity index (χ1) is 13.8. The molecular weight excluding hydrogens is 366 g/mol. The van der Waals surface area contributed by atoms with Crippen molar-refractivity contribution in [1.29, 1.82) is 0 Å². The summed E-state index contributed by atoms with van der Waals surface area (Å²) < 4.78 is 0. The molecule has 7 heteroatoms. The summed E-state index contributed by atoms with van der Waals surface area (Å²) in [6.07, 6.45) is 3.13. The van der Waals surface area contributed by atoms with Gasteiger partial charge in [0.25, 0.3) is 0 Å². The number of piperidine rings is 1. The minimum Gasteiger partial charge on any atom is -0.350 e. The SMILES string of the molecule is CN=C(NCC(=O)NC(C)(C)C)NCC(=O)N1CCC(Cc2ccccc2)CC1. The number of carbonyl (C=O) groups is 2. The molecule has 2 amide bonds. The zero-order chi connectivity index (χ0) is 21.3. The number of hydrogen-bond acceptors (Lipinski definition) is 3. The van der Waals surface area contributed by atoms with Crippen LogP contribution < -0.4 is 16.0 Å². The Bertz CT molecular complexity index is 689. The zero-order valence-corrected chi connectivity index (χ0v) is 18.1. The third-order valence-corrected chi connectivity index (χ3v) is 4.90. The molecule has 1 heterocycles. The quantitative estimate of drug-likeness (QED) is 0.499. The normalized spacial score (nSPS) is 15.7. The van der Waals surface area contributed by atoms with Crippen molar-refractivity contribution in [3.8, 4) is 0 Å². The van der Waals surface area contributed by atoms with Crippen LogP contribution in [-0.4, -0.2) is 61.4 Å². The van der Waals surface area contributed by atoms with Gasteiger partial charge in [0.2, 0.25) is 11.8 Å². The van der Waals surface area contributed by atoms with Crippen LogP contribution in [0.5, 0.6) is 0 Å². The van der Waals surface area contributed by atoms with Gasteiger partial charge in [0.15, 0.2) is 5.96 Å². The predicted octanol–water partition coefficient (Wildman–Crippen LogP) is 1.55. The second-order valence-corrected chi connectivity index (χ2v) is 8.59. The highest BCUT2D eigenvalue weighted by Crippen LogP contribution is 2.21. The number of aliphatic imine (C=N–C) groups is 1. The Labute approximate surface area is 174 Å². The Morgan fingerprint density at radius 2 is 1.69 bits per heavy atom. The van der Waals surface area contributed by atoms with E-state index in [0.29, 0.717) is 11.9 Å². The van der Waals surface area contributed by atoms with Crippen molar-refractivity contribution in [2.24, 2.45) is 10.9 Å². The van der Waals surface area contributed by atoms with E-state index in [4.69, 9.17) is 0 Å². The smallest absolute Gasteiger partial charge is 0.241 e. The number of rotatable bonds is 6. The van der Waals surface area contributed by atoms with Gasteiger partial charge in [0.05, 0.1) is 13.1 Å². The molecule has 0 aromatic heterocycles. The average molecular weight is 402 g/mol. The number of hydrogen-bond donors (Lipinski definition) is 3. The largest absolute Gasteiger partial charge is 0.350 e. The van der Waals surface area contributed by atoms with Gasteiger partial charge < -0.3 is 20.9 Å². The minimum atomic E-state index is -0.279. The number of carbonyl (C=O) groups excluding carboxylic acids is 2. The highest BCUT2D eigenvalue weighted by atomic mass is 16.2. The minimum absolute atomic E-state index is 0.0604. The molecular formula is C22H35N5O2. The fourth-order valence-electron chi connectivity index (χ4n) is 3.45. The summed E-state index contributed by atoms with van der Waals surface area (Å²) >= 11 is 0. The molecule has 7 nitrogen and oxygen atoms in total. The molecule has 0 aliphatic carbocycles. The highest BCUT2D eigenvalue weighted by molar-refractivity contribution is 5.89. The molecule has 2 rings (SSSR count). The molecule has 1 fully saturated rings. The Kier molecular flexibility index (Phi) is 8.49. The van der Waals surface area contributed by atoms with Crippen molar-refractivity contribution >= 4 is 17.8 Å². The van der Waals surface area contributed by atoms with Gasteiger partial charge in [-0.25, -0.2) is 0 Å². The van der Waals surface area contributed by atoms with Crippen LogP contribution >= 0.6 is 0 Å². The van der Waals surface area contributed by atoms with Gasteiger partial charge in [0, 0.05) is 25.7 Å². The van der Waals surface area contributed by atoms with Crippen molar-refractivity contribution in [2.75, 3.05) is 33.2 Å². The summed E-state index contributed by atoms with van der Waals surface area (Å²) in [7, 11) is 1.62. The molecule has 160 valence electrons. The fourth-order valence-corrected chi connectivity index (χ4v) is 3.45. The molecule has 0 atom stereocenters. The molecule has 0 radical (unpaired) electrons. The molecule has 0 unspecified atom stereocenters. The van der Waals surface area contributed by atoms with Crippen LogP contribution in [0.25, 0.3) is 0 Å². The molecule has 1 aliphatic heterocycles. The number of likely N-dealkylation sites (tertiary alicyclic amines) is 1. The van der Waals surface area contributed by atoms with Crippen molar-refractivity contribution < 1.29 is 9.59 Å². The van der Waals surface area contributed by atoms with Gasteiger partial charge in [-0.2, -0.15) is 0 Å². The first-order valence-electron chi connectivity index (χ1n) is 10.3. The topological polar surface area (TPSA) is 85.8 Å². The number of guanidine groups is 1. The molecule has 0 bridgehead atoms. The number of amides is 2. The van der Waals surface area contributed by atoms with Crippen molar-refractivity contribution in [3.05, 3.63) is 35.9 Å². The molecule has 0 saturated carbocycles. The van der Waals surface area contributed by atoms with E-state index in [2.05, 4.69) is 45.2 Å². The van der Waals surface area contributed by atoms with Crippen LogP contribution in [0.2, 0.25) is 0 Å². The van der Waals surface area contributed by atoms with E-state index in [1.54, 1.807) is 7.05 Å². The predicted molar refractivity (Wildman–Crippen MR) is 117 cm³/mol. The first-order valence-corrected chi connectivity index (χ1v) is 10.3. The number of nitrogens with zero attached hydrogens (tertiary/aromatic N) is 2. The average Bonchev–Trinajstić information content (AvgIpc) is 2.68. The first kappa shape index (κ1) is 22.7. The molecule has 1 saturated heterocycles. The lowest BCUT2D eigenvalue weighted by atomic mass is 9.90. The molecule has 1 aromatic rings. The van der Waals surface area contributed by atoms with Gasteiger partial charge in [0.1, 0.15) is 0 Å². The lowest BCUT2D eigenvalue weighted by molar-refractivity contribution is -0.131. The summed E-state index contributed by atoms with van der Waals surface area (Å²) in [4.78, 5) is 30.4.